The molecule has 116 valence electrons. The van der Waals surface area contributed by atoms with Crippen molar-refractivity contribution in [3.8, 4) is 0 Å². The summed E-state index contributed by atoms with van der Waals surface area (Å²) in [6.07, 6.45) is 7.42. The van der Waals surface area contributed by atoms with Crippen LogP contribution in [0.4, 0.5) is 0 Å². The second-order valence-corrected chi connectivity index (χ2v) is 7.85. The van der Waals surface area contributed by atoms with Crippen LogP contribution in [0.25, 0.3) is 0 Å². The molecule has 0 spiro atoms. The van der Waals surface area contributed by atoms with Crippen molar-refractivity contribution in [1.29, 1.82) is 0 Å². The van der Waals surface area contributed by atoms with Crippen LogP contribution in [0, 0.1) is 12.3 Å². The molecular formula is C18H28N2O. The van der Waals surface area contributed by atoms with Crippen LogP contribution in [0.5, 0.6) is 0 Å². The Hall–Kier alpha value is -0.930. The molecule has 0 amide bonds. The number of nitrogens with zero attached hydrogens (tertiary/aromatic N) is 2. The molecule has 0 radical (unpaired) electrons. The van der Waals surface area contributed by atoms with E-state index in [0.29, 0.717) is 5.41 Å². The molecule has 0 bridgehead atoms. The zero-order chi connectivity index (χ0) is 15.1. The van der Waals surface area contributed by atoms with Crippen molar-refractivity contribution < 1.29 is 5.11 Å². The molecule has 1 N–H and O–H groups in total. The minimum atomic E-state index is -0.724. The Bertz CT molecular complexity index is 486. The van der Waals surface area contributed by atoms with Gasteiger partial charge in [-0.05, 0) is 56.1 Å². The monoisotopic (exact) mass is 288 g/mol. The van der Waals surface area contributed by atoms with Gasteiger partial charge in [-0.3, -0.25) is 4.98 Å². The van der Waals surface area contributed by atoms with Crippen LogP contribution in [0.3, 0.4) is 0 Å². The van der Waals surface area contributed by atoms with Crippen LogP contribution in [-0.4, -0.2) is 34.1 Å². The first-order valence-electron chi connectivity index (χ1n) is 8.28. The van der Waals surface area contributed by atoms with E-state index in [0.717, 1.165) is 43.2 Å². The number of likely N-dealkylation sites (tertiary alicyclic amines) is 1. The number of pyridine rings is 1. The first kappa shape index (κ1) is 15.0. The van der Waals surface area contributed by atoms with E-state index < -0.39 is 5.60 Å². The van der Waals surface area contributed by atoms with E-state index in [2.05, 4.69) is 23.7 Å². The second kappa shape index (κ2) is 5.36. The summed E-state index contributed by atoms with van der Waals surface area (Å²) in [7, 11) is 0. The Balaban J connectivity index is 1.63. The smallest absolute Gasteiger partial charge is 0.109 e. The Morgan fingerprint density at radius 3 is 2.43 bits per heavy atom. The minimum absolute atomic E-state index is 0.497. The van der Waals surface area contributed by atoms with Crippen molar-refractivity contribution in [2.45, 2.75) is 64.5 Å². The summed E-state index contributed by atoms with van der Waals surface area (Å²) in [5.41, 5.74) is 1.77. The van der Waals surface area contributed by atoms with Crippen LogP contribution < -0.4 is 0 Å². The number of aliphatic hydroxyl groups is 1. The molecule has 1 aromatic rings. The van der Waals surface area contributed by atoms with Crippen LogP contribution in [0.1, 0.15) is 57.2 Å². The summed E-state index contributed by atoms with van der Waals surface area (Å²) < 4.78 is 0. The highest BCUT2D eigenvalue weighted by atomic mass is 16.3. The molecule has 2 aliphatic rings. The molecule has 3 nitrogen and oxygen atoms in total. The second-order valence-electron chi connectivity index (χ2n) is 7.85. The molecule has 21 heavy (non-hydrogen) atoms. The third kappa shape index (κ3) is 3.14. The summed E-state index contributed by atoms with van der Waals surface area (Å²) in [5.74, 6) is 0. The highest BCUT2D eigenvalue weighted by molar-refractivity contribution is 5.18. The van der Waals surface area contributed by atoms with Crippen LogP contribution in [0.2, 0.25) is 0 Å². The Morgan fingerprint density at radius 1 is 1.19 bits per heavy atom. The number of rotatable bonds is 2. The van der Waals surface area contributed by atoms with E-state index in [1.165, 1.54) is 19.3 Å². The third-order valence-corrected chi connectivity index (χ3v) is 5.47. The molecule has 3 heteroatoms. The van der Waals surface area contributed by atoms with Gasteiger partial charge >= 0.3 is 0 Å². The van der Waals surface area contributed by atoms with E-state index in [1.54, 1.807) is 0 Å². The molecule has 1 aliphatic heterocycles. The molecule has 2 fully saturated rings. The van der Waals surface area contributed by atoms with Crippen molar-refractivity contribution in [1.82, 2.24) is 9.88 Å². The molecule has 1 aliphatic carbocycles. The summed E-state index contributed by atoms with van der Waals surface area (Å²) in [5, 5.41) is 10.9. The number of hydrogen-bond acceptors (Lipinski definition) is 3. The lowest BCUT2D eigenvalue weighted by Crippen LogP contribution is -2.46. The topological polar surface area (TPSA) is 36.4 Å². The van der Waals surface area contributed by atoms with Gasteiger partial charge in [0.05, 0.1) is 5.69 Å². The van der Waals surface area contributed by atoms with Crippen LogP contribution in [-0.2, 0) is 5.60 Å². The number of piperidine rings is 1. The van der Waals surface area contributed by atoms with Gasteiger partial charge in [-0.2, -0.15) is 0 Å². The maximum Gasteiger partial charge on any atom is 0.109 e. The lowest BCUT2D eigenvalue weighted by atomic mass is 9.86. The molecule has 1 saturated heterocycles. The lowest BCUT2D eigenvalue weighted by molar-refractivity contribution is -0.0389. The summed E-state index contributed by atoms with van der Waals surface area (Å²) in [4.78, 5) is 7.05. The highest BCUT2D eigenvalue weighted by Crippen LogP contribution is 2.41. The fraction of sp³-hybridized carbons (Fsp3) is 0.722. The fourth-order valence-electron chi connectivity index (χ4n) is 3.97. The standard InChI is InChI=1S/C18H28N2O/c1-14-4-5-16(19-13-14)18(21)8-10-20(11-9-18)15-6-7-17(2,3)12-15/h4-5,13,15,21H,6-12H2,1-3H3. The van der Waals surface area contributed by atoms with Crippen LogP contribution >= 0.6 is 0 Å². The summed E-state index contributed by atoms with van der Waals surface area (Å²) >= 11 is 0. The van der Waals surface area contributed by atoms with Crippen molar-refractivity contribution in [2.24, 2.45) is 5.41 Å². The maximum atomic E-state index is 10.9. The predicted octanol–water partition coefficient (Wildman–Crippen LogP) is 3.25. The maximum absolute atomic E-state index is 10.9. The van der Waals surface area contributed by atoms with Gasteiger partial charge in [0.15, 0.2) is 0 Å². The van der Waals surface area contributed by atoms with E-state index in [-0.39, 0.29) is 0 Å². The van der Waals surface area contributed by atoms with Gasteiger partial charge in [-0.25, -0.2) is 0 Å². The Kier molecular flexibility index (Phi) is 3.83. The van der Waals surface area contributed by atoms with E-state index in [1.807, 2.05) is 25.3 Å². The molecule has 0 aromatic carbocycles. The molecule has 1 aromatic heterocycles. The van der Waals surface area contributed by atoms with Crippen molar-refractivity contribution in [3.63, 3.8) is 0 Å². The SMILES string of the molecule is Cc1ccc(C2(O)CCN(C3CCC(C)(C)C3)CC2)nc1. The Morgan fingerprint density at radius 2 is 1.90 bits per heavy atom. The lowest BCUT2D eigenvalue weighted by Gasteiger charge is -2.40. The van der Waals surface area contributed by atoms with Gasteiger partial charge in [0, 0.05) is 25.3 Å². The number of aryl methyl sites for hydroxylation is 1. The van der Waals surface area contributed by atoms with Crippen molar-refractivity contribution in [3.05, 3.63) is 29.6 Å². The van der Waals surface area contributed by atoms with Gasteiger partial charge in [0.1, 0.15) is 5.60 Å². The minimum Gasteiger partial charge on any atom is -0.383 e. The van der Waals surface area contributed by atoms with Gasteiger partial charge in [0.2, 0.25) is 0 Å². The van der Waals surface area contributed by atoms with Crippen molar-refractivity contribution >= 4 is 0 Å². The molecule has 3 rings (SSSR count). The van der Waals surface area contributed by atoms with E-state index >= 15 is 0 Å². The molecule has 2 heterocycles. The molecular weight excluding hydrogens is 260 g/mol. The predicted molar refractivity (Wildman–Crippen MR) is 85.1 cm³/mol. The van der Waals surface area contributed by atoms with E-state index in [9.17, 15) is 5.11 Å². The zero-order valence-electron chi connectivity index (χ0n) is 13.6. The van der Waals surface area contributed by atoms with Gasteiger partial charge in [-0.1, -0.05) is 19.9 Å². The molecule has 1 atom stereocenters. The normalized spacial score (nSPS) is 28.7. The number of aromatic nitrogens is 1. The summed E-state index contributed by atoms with van der Waals surface area (Å²) in [6, 6.07) is 4.76. The average molecular weight is 288 g/mol. The highest BCUT2D eigenvalue weighted by Gasteiger charge is 2.40. The molecule has 1 unspecified atom stereocenters. The Labute approximate surface area is 128 Å². The third-order valence-electron chi connectivity index (χ3n) is 5.47. The van der Waals surface area contributed by atoms with Gasteiger partial charge < -0.3 is 10.0 Å². The van der Waals surface area contributed by atoms with Crippen LogP contribution in [0.15, 0.2) is 18.3 Å². The quantitative estimate of drug-likeness (QED) is 0.907. The van der Waals surface area contributed by atoms with Gasteiger partial charge in [-0.15, -0.1) is 0 Å². The van der Waals surface area contributed by atoms with E-state index in [4.69, 9.17) is 0 Å². The first-order chi connectivity index (χ1) is 9.88. The zero-order valence-corrected chi connectivity index (χ0v) is 13.6. The average Bonchev–Trinajstić information content (AvgIpc) is 2.80. The fourth-order valence-corrected chi connectivity index (χ4v) is 3.97. The molecule has 1 saturated carbocycles. The number of hydrogen-bond donors (Lipinski definition) is 1. The first-order valence-corrected chi connectivity index (χ1v) is 8.28. The van der Waals surface area contributed by atoms with Crippen molar-refractivity contribution in [2.75, 3.05) is 13.1 Å². The summed E-state index contributed by atoms with van der Waals surface area (Å²) in [6.45, 7) is 8.78. The van der Waals surface area contributed by atoms with Gasteiger partial charge in [0.25, 0.3) is 0 Å². The largest absolute Gasteiger partial charge is 0.383 e.